The van der Waals surface area contributed by atoms with Crippen LogP contribution in [0.4, 0.5) is 0 Å². The van der Waals surface area contributed by atoms with Crippen LogP contribution >= 0.6 is 0 Å². The van der Waals surface area contributed by atoms with Gasteiger partial charge in [0.1, 0.15) is 12.0 Å². The summed E-state index contributed by atoms with van der Waals surface area (Å²) in [7, 11) is 0. The summed E-state index contributed by atoms with van der Waals surface area (Å²) in [4.78, 5) is 7.80. The zero-order valence-electron chi connectivity index (χ0n) is 9.01. The maximum Gasteiger partial charge on any atom is 0.160 e. The van der Waals surface area contributed by atoms with Crippen LogP contribution in [0.5, 0.6) is 5.75 Å². The lowest BCUT2D eigenvalue weighted by Crippen LogP contribution is -1.99. The molecule has 0 amide bonds. The van der Waals surface area contributed by atoms with Crippen molar-refractivity contribution >= 4 is 0 Å². The lowest BCUT2D eigenvalue weighted by atomic mass is 10.0. The average Bonchev–Trinajstić information content (AvgIpc) is 2.29. The van der Waals surface area contributed by atoms with Gasteiger partial charge in [0.15, 0.2) is 5.75 Å². The van der Waals surface area contributed by atoms with Crippen molar-refractivity contribution in [2.45, 2.75) is 13.5 Å². The molecule has 1 aromatic carbocycles. The second-order valence-electron chi connectivity index (χ2n) is 3.60. The number of hydrogen-bond donors (Lipinski definition) is 2. The minimum absolute atomic E-state index is 0.0856. The predicted molar refractivity (Wildman–Crippen MR) is 61.8 cm³/mol. The summed E-state index contributed by atoms with van der Waals surface area (Å²) in [6.07, 6.45) is 2.80. The molecule has 0 fully saturated rings. The number of rotatable bonds is 2. The number of aromatic nitrogens is 2. The third kappa shape index (κ3) is 1.87. The van der Waals surface area contributed by atoms with Crippen LogP contribution in [0.25, 0.3) is 11.3 Å². The molecule has 4 heteroatoms. The minimum Gasteiger partial charge on any atom is -0.504 e. The molecule has 2 aromatic rings. The van der Waals surface area contributed by atoms with Gasteiger partial charge in [-0.3, -0.25) is 0 Å². The monoisotopic (exact) mass is 215 g/mol. The number of nitrogens with zero attached hydrogens (tertiary/aromatic N) is 2. The molecule has 0 saturated heterocycles. The Morgan fingerprint density at radius 1 is 1.38 bits per heavy atom. The molecule has 16 heavy (non-hydrogen) atoms. The Kier molecular flexibility index (Phi) is 2.83. The van der Waals surface area contributed by atoms with Crippen LogP contribution in [0.3, 0.4) is 0 Å². The zero-order valence-corrected chi connectivity index (χ0v) is 9.01. The van der Waals surface area contributed by atoms with Crippen molar-refractivity contribution in [1.29, 1.82) is 0 Å². The highest BCUT2D eigenvalue weighted by molar-refractivity contribution is 5.66. The molecule has 2 rings (SSSR count). The van der Waals surface area contributed by atoms with Crippen LogP contribution in [0.2, 0.25) is 0 Å². The molecule has 4 nitrogen and oxygen atoms in total. The number of aromatic hydroxyl groups is 1. The van der Waals surface area contributed by atoms with Crippen molar-refractivity contribution in [2.75, 3.05) is 0 Å². The maximum absolute atomic E-state index is 9.63. The molecule has 0 atom stereocenters. The average molecular weight is 215 g/mol. The van der Waals surface area contributed by atoms with Gasteiger partial charge in [-0.2, -0.15) is 0 Å². The molecule has 0 aliphatic heterocycles. The van der Waals surface area contributed by atoms with E-state index in [4.69, 9.17) is 5.73 Å². The summed E-state index contributed by atoms with van der Waals surface area (Å²) in [5.41, 5.74) is 9.20. The van der Waals surface area contributed by atoms with Crippen LogP contribution in [0, 0.1) is 6.92 Å². The highest BCUT2D eigenvalue weighted by atomic mass is 16.3. The van der Waals surface area contributed by atoms with Crippen LogP contribution in [0.15, 0.2) is 30.7 Å². The topological polar surface area (TPSA) is 72.0 Å². The van der Waals surface area contributed by atoms with Gasteiger partial charge in [-0.15, -0.1) is 0 Å². The molecule has 0 spiro atoms. The Balaban J connectivity index is 2.50. The number of aryl methyl sites for hydroxylation is 1. The van der Waals surface area contributed by atoms with Gasteiger partial charge in [-0.1, -0.05) is 12.1 Å². The van der Waals surface area contributed by atoms with E-state index in [1.54, 1.807) is 0 Å². The van der Waals surface area contributed by atoms with Crippen LogP contribution in [-0.2, 0) is 6.54 Å². The summed E-state index contributed by atoms with van der Waals surface area (Å²) in [6, 6.07) is 5.81. The third-order valence-electron chi connectivity index (χ3n) is 2.53. The lowest BCUT2D eigenvalue weighted by molar-refractivity contribution is 0.472. The first-order valence-electron chi connectivity index (χ1n) is 5.01. The quantitative estimate of drug-likeness (QED) is 0.798. The first kappa shape index (κ1) is 10.6. The third-order valence-corrected chi connectivity index (χ3v) is 2.53. The second kappa shape index (κ2) is 4.28. The molecule has 0 aliphatic carbocycles. The van der Waals surface area contributed by atoms with E-state index in [2.05, 4.69) is 9.97 Å². The van der Waals surface area contributed by atoms with Gasteiger partial charge < -0.3 is 10.8 Å². The highest BCUT2D eigenvalue weighted by Gasteiger charge is 2.06. The van der Waals surface area contributed by atoms with Gasteiger partial charge in [0.05, 0.1) is 6.20 Å². The zero-order chi connectivity index (χ0) is 11.5. The molecule has 0 radical (unpaired) electrons. The van der Waals surface area contributed by atoms with E-state index in [9.17, 15) is 5.11 Å². The Labute approximate surface area is 93.8 Å². The molecule has 1 aromatic heterocycles. The molecule has 0 saturated carbocycles. The fourth-order valence-electron chi connectivity index (χ4n) is 1.62. The highest BCUT2D eigenvalue weighted by Crippen LogP contribution is 2.26. The fraction of sp³-hybridized carbons (Fsp3) is 0.167. The fourth-order valence-corrected chi connectivity index (χ4v) is 1.62. The number of benzene rings is 1. The molecule has 0 bridgehead atoms. The van der Waals surface area contributed by atoms with E-state index < -0.39 is 0 Å². The van der Waals surface area contributed by atoms with Gasteiger partial charge in [-0.05, 0) is 24.1 Å². The van der Waals surface area contributed by atoms with Crippen molar-refractivity contribution in [2.24, 2.45) is 5.73 Å². The molecule has 1 heterocycles. The van der Waals surface area contributed by atoms with Crippen LogP contribution < -0.4 is 5.73 Å². The summed E-state index contributed by atoms with van der Waals surface area (Å²) in [6.45, 7) is 2.51. The van der Waals surface area contributed by atoms with Crippen molar-refractivity contribution in [1.82, 2.24) is 9.97 Å². The Morgan fingerprint density at radius 3 is 2.81 bits per heavy atom. The summed E-state index contributed by atoms with van der Waals surface area (Å²) < 4.78 is 0. The van der Waals surface area contributed by atoms with E-state index in [1.165, 1.54) is 12.5 Å². The van der Waals surface area contributed by atoms with Crippen molar-refractivity contribution in [3.63, 3.8) is 0 Å². The number of hydrogen-bond acceptors (Lipinski definition) is 4. The van der Waals surface area contributed by atoms with Gasteiger partial charge in [-0.25, -0.2) is 9.97 Å². The van der Waals surface area contributed by atoms with Gasteiger partial charge in [0.25, 0.3) is 0 Å². The van der Waals surface area contributed by atoms with E-state index in [-0.39, 0.29) is 5.75 Å². The largest absolute Gasteiger partial charge is 0.504 e. The van der Waals surface area contributed by atoms with E-state index in [0.29, 0.717) is 12.2 Å². The second-order valence-corrected chi connectivity index (χ2v) is 3.60. The predicted octanol–water partition coefficient (Wildman–Crippen LogP) is 1.62. The van der Waals surface area contributed by atoms with Gasteiger partial charge in [0.2, 0.25) is 0 Å². The van der Waals surface area contributed by atoms with E-state index >= 15 is 0 Å². The van der Waals surface area contributed by atoms with Crippen molar-refractivity contribution in [3.05, 3.63) is 41.9 Å². The first-order chi connectivity index (χ1) is 7.72. The molecular weight excluding hydrogens is 202 g/mol. The lowest BCUT2D eigenvalue weighted by Gasteiger charge is -2.07. The summed E-state index contributed by atoms with van der Waals surface area (Å²) in [5.74, 6) is 0.0856. The van der Waals surface area contributed by atoms with Crippen molar-refractivity contribution in [3.8, 4) is 17.0 Å². The standard InChI is InChI=1S/C12H13N3O/c1-8-4-9(2-3-10(8)5-13)12-11(16)6-14-7-15-12/h2-4,6-7,16H,5,13H2,1H3. The number of nitrogens with two attached hydrogens (primary N) is 1. The summed E-state index contributed by atoms with van der Waals surface area (Å²) >= 11 is 0. The van der Waals surface area contributed by atoms with Gasteiger partial charge in [0, 0.05) is 12.1 Å². The van der Waals surface area contributed by atoms with Gasteiger partial charge >= 0.3 is 0 Å². The Hall–Kier alpha value is -1.94. The maximum atomic E-state index is 9.63. The smallest absolute Gasteiger partial charge is 0.160 e. The van der Waals surface area contributed by atoms with E-state index in [0.717, 1.165) is 16.7 Å². The Morgan fingerprint density at radius 2 is 2.19 bits per heavy atom. The SMILES string of the molecule is Cc1cc(-c2ncncc2O)ccc1CN. The van der Waals surface area contributed by atoms with E-state index in [1.807, 2.05) is 25.1 Å². The molecule has 0 aliphatic rings. The van der Waals surface area contributed by atoms with Crippen LogP contribution in [0.1, 0.15) is 11.1 Å². The van der Waals surface area contributed by atoms with Crippen molar-refractivity contribution < 1.29 is 5.11 Å². The molecule has 0 unspecified atom stereocenters. The molecule has 82 valence electrons. The first-order valence-corrected chi connectivity index (χ1v) is 5.01. The molecule has 3 N–H and O–H groups in total. The normalized spacial score (nSPS) is 10.4. The summed E-state index contributed by atoms with van der Waals surface area (Å²) in [5, 5.41) is 9.63. The van der Waals surface area contributed by atoms with Crippen LogP contribution in [-0.4, -0.2) is 15.1 Å². The molecular formula is C12H13N3O. The Bertz CT molecular complexity index is 511. The minimum atomic E-state index is 0.0856.